The number of amides is 1. The number of carbonyl (C=O) groups excluding carboxylic acids is 2. The molecule has 28 heavy (non-hydrogen) atoms. The summed E-state index contributed by atoms with van der Waals surface area (Å²) in [6, 6.07) is 10.2. The van der Waals surface area contributed by atoms with E-state index in [1.165, 1.54) is 37.4 Å². The monoisotopic (exact) mass is 408 g/mol. The second-order valence-corrected chi connectivity index (χ2v) is 7.86. The molecule has 0 saturated carbocycles. The lowest BCUT2D eigenvalue weighted by Gasteiger charge is -2.30. The van der Waals surface area contributed by atoms with Crippen LogP contribution in [0.2, 0.25) is 0 Å². The van der Waals surface area contributed by atoms with E-state index < -0.39 is 33.8 Å². The van der Waals surface area contributed by atoms with Crippen LogP contribution in [0, 0.1) is 5.82 Å². The predicted molar refractivity (Wildman–Crippen MR) is 104 cm³/mol. The Morgan fingerprint density at radius 2 is 1.86 bits per heavy atom. The summed E-state index contributed by atoms with van der Waals surface area (Å²) in [6.07, 6.45) is 1.01. The number of benzene rings is 2. The third-order valence-electron chi connectivity index (χ3n) is 3.97. The lowest BCUT2D eigenvalue weighted by molar-refractivity contribution is -0.117. The van der Waals surface area contributed by atoms with E-state index in [4.69, 9.17) is 0 Å². The lowest BCUT2D eigenvalue weighted by Crippen LogP contribution is -2.47. The van der Waals surface area contributed by atoms with Crippen LogP contribution in [0.25, 0.3) is 0 Å². The van der Waals surface area contributed by atoms with Crippen molar-refractivity contribution in [1.82, 2.24) is 0 Å². The van der Waals surface area contributed by atoms with Crippen molar-refractivity contribution in [2.75, 3.05) is 23.0 Å². The Hall–Kier alpha value is -2.94. The van der Waals surface area contributed by atoms with Gasteiger partial charge in [-0.25, -0.2) is 17.6 Å². The van der Waals surface area contributed by atoms with Crippen molar-refractivity contribution < 1.29 is 27.1 Å². The molecule has 0 spiro atoms. The van der Waals surface area contributed by atoms with E-state index in [1.807, 2.05) is 0 Å². The van der Waals surface area contributed by atoms with Crippen molar-refractivity contribution >= 4 is 33.3 Å². The van der Waals surface area contributed by atoms with Gasteiger partial charge in [0.2, 0.25) is 15.9 Å². The zero-order chi connectivity index (χ0) is 20.9. The van der Waals surface area contributed by atoms with Gasteiger partial charge in [-0.1, -0.05) is 25.1 Å². The van der Waals surface area contributed by atoms with E-state index in [0.717, 1.165) is 16.6 Å². The number of carbonyl (C=O) groups is 2. The van der Waals surface area contributed by atoms with Gasteiger partial charge in [-0.2, -0.15) is 0 Å². The van der Waals surface area contributed by atoms with Gasteiger partial charge in [0.15, 0.2) is 0 Å². The number of hydrogen-bond donors (Lipinski definition) is 1. The molecule has 0 bridgehead atoms. The summed E-state index contributed by atoms with van der Waals surface area (Å²) in [5, 5.41) is 2.58. The van der Waals surface area contributed by atoms with Crippen LogP contribution < -0.4 is 9.62 Å². The first-order chi connectivity index (χ1) is 13.2. The maximum absolute atomic E-state index is 14.2. The van der Waals surface area contributed by atoms with E-state index in [-0.39, 0.29) is 23.4 Å². The second-order valence-electron chi connectivity index (χ2n) is 6.00. The van der Waals surface area contributed by atoms with Crippen LogP contribution >= 0.6 is 0 Å². The molecule has 0 aliphatic carbocycles. The minimum absolute atomic E-state index is 0.101. The summed E-state index contributed by atoms with van der Waals surface area (Å²) in [5.41, 5.74) is 0.297. The largest absolute Gasteiger partial charge is 0.465 e. The van der Waals surface area contributed by atoms with Crippen LogP contribution in [0.1, 0.15) is 23.7 Å². The number of esters is 1. The highest BCUT2D eigenvalue weighted by Gasteiger charge is 2.33. The molecule has 0 aromatic heterocycles. The molecule has 1 amide bonds. The molecule has 0 unspecified atom stereocenters. The van der Waals surface area contributed by atoms with Crippen LogP contribution in [0.5, 0.6) is 0 Å². The molecule has 150 valence electrons. The summed E-state index contributed by atoms with van der Waals surface area (Å²) in [6.45, 7) is 1.62. The Morgan fingerprint density at radius 1 is 1.18 bits per heavy atom. The van der Waals surface area contributed by atoms with E-state index >= 15 is 0 Å². The zero-order valence-electron chi connectivity index (χ0n) is 15.7. The van der Waals surface area contributed by atoms with Gasteiger partial charge in [-0.3, -0.25) is 9.10 Å². The van der Waals surface area contributed by atoms with E-state index in [0.29, 0.717) is 0 Å². The maximum Gasteiger partial charge on any atom is 0.337 e. The van der Waals surface area contributed by atoms with Crippen LogP contribution in [0.4, 0.5) is 15.8 Å². The third-order valence-corrected chi connectivity index (χ3v) is 5.14. The van der Waals surface area contributed by atoms with Gasteiger partial charge in [-0.15, -0.1) is 0 Å². The van der Waals surface area contributed by atoms with Crippen molar-refractivity contribution in [3.63, 3.8) is 0 Å². The fourth-order valence-corrected chi connectivity index (χ4v) is 3.95. The van der Waals surface area contributed by atoms with Gasteiger partial charge in [-0.05, 0) is 36.8 Å². The fourth-order valence-electron chi connectivity index (χ4n) is 2.73. The highest BCUT2D eigenvalue weighted by atomic mass is 32.2. The zero-order valence-corrected chi connectivity index (χ0v) is 16.5. The topological polar surface area (TPSA) is 92.8 Å². The van der Waals surface area contributed by atoms with Crippen LogP contribution in [-0.2, 0) is 19.6 Å². The number of para-hydroxylation sites is 1. The number of hydrogen-bond acceptors (Lipinski definition) is 5. The number of methoxy groups -OCH3 is 1. The number of sulfonamides is 1. The average Bonchev–Trinajstić information content (AvgIpc) is 2.65. The van der Waals surface area contributed by atoms with Crippen molar-refractivity contribution in [3.8, 4) is 0 Å². The minimum atomic E-state index is -3.96. The number of rotatable bonds is 7. The third kappa shape index (κ3) is 4.86. The number of halogens is 1. The molecule has 0 aliphatic heterocycles. The first-order valence-corrected chi connectivity index (χ1v) is 10.3. The molecule has 0 aliphatic rings. The maximum atomic E-state index is 14.2. The second kappa shape index (κ2) is 8.83. The molecule has 9 heteroatoms. The summed E-state index contributed by atoms with van der Waals surface area (Å²) in [4.78, 5) is 24.5. The average molecular weight is 408 g/mol. The molecule has 2 rings (SSSR count). The molecule has 7 nitrogen and oxygen atoms in total. The van der Waals surface area contributed by atoms with Crippen molar-refractivity contribution in [3.05, 3.63) is 59.9 Å². The van der Waals surface area contributed by atoms with Gasteiger partial charge in [0, 0.05) is 5.69 Å². The molecule has 0 fully saturated rings. The van der Waals surface area contributed by atoms with Gasteiger partial charge in [0.1, 0.15) is 11.9 Å². The summed E-state index contributed by atoms with van der Waals surface area (Å²) < 4.78 is 44.3. The smallest absolute Gasteiger partial charge is 0.337 e. The number of nitrogens with one attached hydrogen (secondary N) is 1. The molecule has 1 N–H and O–H groups in total. The Bertz CT molecular complexity index is 978. The quantitative estimate of drug-likeness (QED) is 0.711. The number of ether oxygens (including phenoxy) is 1. The van der Waals surface area contributed by atoms with Crippen molar-refractivity contribution in [2.45, 2.75) is 19.4 Å². The Labute approximate surface area is 163 Å². The standard InChI is InChI=1S/C19H21FN2O5S/c1-4-16(22(28(3,25)26)17-11-6-5-10-15(17)20)18(23)21-14-9-7-8-13(12-14)19(24)27-2/h5-12,16H,4H2,1-3H3,(H,21,23)/t16-/m1/s1. The highest BCUT2D eigenvalue weighted by molar-refractivity contribution is 7.92. The Balaban J connectivity index is 2.38. The predicted octanol–water partition coefficient (Wildman–Crippen LogP) is 2.80. The van der Waals surface area contributed by atoms with Gasteiger partial charge >= 0.3 is 5.97 Å². The van der Waals surface area contributed by atoms with E-state index in [1.54, 1.807) is 19.1 Å². The molecular weight excluding hydrogens is 387 g/mol. The first kappa shape index (κ1) is 21.4. The molecule has 2 aromatic rings. The molecular formula is C19H21FN2O5S. The molecule has 0 saturated heterocycles. The first-order valence-electron chi connectivity index (χ1n) is 8.42. The van der Waals surface area contributed by atoms with Gasteiger partial charge in [0.25, 0.3) is 0 Å². The molecule has 2 aromatic carbocycles. The van der Waals surface area contributed by atoms with Crippen molar-refractivity contribution in [1.29, 1.82) is 0 Å². The van der Waals surface area contributed by atoms with E-state index in [2.05, 4.69) is 10.1 Å². The lowest BCUT2D eigenvalue weighted by atomic mass is 10.1. The Morgan fingerprint density at radius 3 is 2.43 bits per heavy atom. The van der Waals surface area contributed by atoms with Gasteiger partial charge < -0.3 is 10.1 Å². The highest BCUT2D eigenvalue weighted by Crippen LogP contribution is 2.26. The molecule has 0 radical (unpaired) electrons. The van der Waals surface area contributed by atoms with Crippen LogP contribution in [0.15, 0.2) is 48.5 Å². The van der Waals surface area contributed by atoms with Crippen LogP contribution in [-0.4, -0.2) is 39.7 Å². The van der Waals surface area contributed by atoms with E-state index in [9.17, 15) is 22.4 Å². The number of anilines is 2. The fraction of sp³-hybridized carbons (Fsp3) is 0.263. The van der Waals surface area contributed by atoms with Crippen LogP contribution in [0.3, 0.4) is 0 Å². The molecule has 1 atom stereocenters. The summed E-state index contributed by atoms with van der Waals surface area (Å²) in [7, 11) is -2.72. The van der Waals surface area contributed by atoms with Gasteiger partial charge in [0.05, 0.1) is 24.6 Å². The Kier molecular flexibility index (Phi) is 6.74. The summed E-state index contributed by atoms with van der Waals surface area (Å²) >= 11 is 0. The minimum Gasteiger partial charge on any atom is -0.465 e. The number of nitrogens with zero attached hydrogens (tertiary/aromatic N) is 1. The van der Waals surface area contributed by atoms with Crippen molar-refractivity contribution in [2.24, 2.45) is 0 Å². The molecule has 0 heterocycles. The normalized spacial score (nSPS) is 12.1. The SMILES string of the molecule is CC[C@H](C(=O)Nc1cccc(C(=O)OC)c1)N(c1ccccc1F)S(C)(=O)=O. The summed E-state index contributed by atoms with van der Waals surface area (Å²) in [5.74, 6) is -1.99.